The SMILES string of the molecule is CC(=O)[C@@H](O)[C@H](O)c1cccs1. The number of hydrogen-bond acceptors (Lipinski definition) is 4. The van der Waals surface area contributed by atoms with Gasteiger partial charge >= 0.3 is 0 Å². The molecule has 0 aromatic carbocycles. The van der Waals surface area contributed by atoms with E-state index in [0.29, 0.717) is 4.88 Å². The lowest BCUT2D eigenvalue weighted by Crippen LogP contribution is -2.24. The van der Waals surface area contributed by atoms with Gasteiger partial charge in [0.25, 0.3) is 0 Å². The van der Waals surface area contributed by atoms with Crippen molar-refractivity contribution in [2.45, 2.75) is 19.1 Å². The van der Waals surface area contributed by atoms with E-state index in [9.17, 15) is 15.0 Å². The van der Waals surface area contributed by atoms with Gasteiger partial charge in [-0.25, -0.2) is 0 Å². The van der Waals surface area contributed by atoms with E-state index in [0.717, 1.165) is 0 Å². The second-order valence-corrected chi connectivity index (χ2v) is 3.50. The molecule has 66 valence electrons. The Morgan fingerprint density at radius 3 is 2.67 bits per heavy atom. The van der Waals surface area contributed by atoms with Crippen molar-refractivity contribution >= 4 is 17.1 Å². The first-order valence-electron chi connectivity index (χ1n) is 3.53. The summed E-state index contributed by atoms with van der Waals surface area (Å²) in [4.78, 5) is 11.3. The predicted molar refractivity (Wildman–Crippen MR) is 46.0 cm³/mol. The van der Waals surface area contributed by atoms with Gasteiger partial charge in [-0.05, 0) is 18.4 Å². The van der Waals surface area contributed by atoms with Crippen molar-refractivity contribution in [3.05, 3.63) is 22.4 Å². The summed E-state index contributed by atoms with van der Waals surface area (Å²) in [6.07, 6.45) is -2.38. The summed E-state index contributed by atoms with van der Waals surface area (Å²) in [5, 5.41) is 20.3. The Morgan fingerprint density at radius 2 is 2.25 bits per heavy atom. The Morgan fingerprint density at radius 1 is 1.58 bits per heavy atom. The van der Waals surface area contributed by atoms with E-state index < -0.39 is 18.0 Å². The first-order chi connectivity index (χ1) is 5.63. The summed E-state index contributed by atoms with van der Waals surface area (Å²) in [7, 11) is 0. The fraction of sp³-hybridized carbons (Fsp3) is 0.375. The van der Waals surface area contributed by atoms with Crippen LogP contribution < -0.4 is 0 Å². The van der Waals surface area contributed by atoms with Crippen LogP contribution in [0.15, 0.2) is 17.5 Å². The van der Waals surface area contributed by atoms with Crippen LogP contribution in [0.3, 0.4) is 0 Å². The average molecular weight is 186 g/mol. The van der Waals surface area contributed by atoms with E-state index in [4.69, 9.17) is 0 Å². The smallest absolute Gasteiger partial charge is 0.161 e. The van der Waals surface area contributed by atoms with Gasteiger partial charge in [-0.2, -0.15) is 0 Å². The standard InChI is InChI=1S/C8H10O3S/c1-5(9)7(10)8(11)6-3-2-4-12-6/h2-4,7-8,10-11H,1H3/t7-,8-/m1/s1. The lowest BCUT2D eigenvalue weighted by molar-refractivity contribution is -0.130. The Balaban J connectivity index is 2.71. The number of rotatable bonds is 3. The van der Waals surface area contributed by atoms with Gasteiger partial charge in [0.1, 0.15) is 12.2 Å². The molecule has 0 saturated heterocycles. The molecule has 0 unspecified atom stereocenters. The van der Waals surface area contributed by atoms with E-state index >= 15 is 0 Å². The van der Waals surface area contributed by atoms with Gasteiger partial charge in [-0.15, -0.1) is 11.3 Å². The summed E-state index contributed by atoms with van der Waals surface area (Å²) >= 11 is 1.31. The minimum atomic E-state index is -1.30. The van der Waals surface area contributed by atoms with Crippen LogP contribution >= 0.6 is 11.3 Å². The second-order valence-electron chi connectivity index (χ2n) is 2.52. The minimum absolute atomic E-state index is 0.420. The van der Waals surface area contributed by atoms with Gasteiger partial charge in [-0.3, -0.25) is 4.79 Å². The lowest BCUT2D eigenvalue weighted by atomic mass is 10.1. The summed E-state index contributed by atoms with van der Waals surface area (Å²) in [5.41, 5.74) is 0. The van der Waals surface area contributed by atoms with E-state index in [1.807, 2.05) is 0 Å². The number of hydrogen-bond donors (Lipinski definition) is 2. The van der Waals surface area contributed by atoms with Gasteiger partial charge < -0.3 is 10.2 Å². The Bertz CT molecular complexity index is 255. The maximum atomic E-state index is 10.7. The molecule has 0 radical (unpaired) electrons. The molecule has 0 aliphatic carbocycles. The van der Waals surface area contributed by atoms with Crippen LogP contribution in [0.1, 0.15) is 17.9 Å². The van der Waals surface area contributed by atoms with E-state index in [2.05, 4.69) is 0 Å². The highest BCUT2D eigenvalue weighted by molar-refractivity contribution is 7.10. The molecule has 0 bridgehead atoms. The number of Topliss-reactive ketones (excluding diaryl/α,β-unsaturated/α-hetero) is 1. The Hall–Kier alpha value is -0.710. The quantitative estimate of drug-likeness (QED) is 0.731. The highest BCUT2D eigenvalue weighted by atomic mass is 32.1. The number of thiophene rings is 1. The third-order valence-corrected chi connectivity index (χ3v) is 2.49. The Kier molecular flexibility index (Phi) is 2.97. The van der Waals surface area contributed by atoms with Crippen LogP contribution in [0.2, 0.25) is 0 Å². The zero-order valence-corrected chi connectivity index (χ0v) is 7.41. The molecule has 1 aromatic rings. The van der Waals surface area contributed by atoms with E-state index in [1.54, 1.807) is 17.5 Å². The fourth-order valence-electron chi connectivity index (χ4n) is 0.837. The molecule has 0 amide bonds. The van der Waals surface area contributed by atoms with Gasteiger partial charge in [0.2, 0.25) is 0 Å². The Labute approximate surface area is 74.3 Å². The molecule has 0 fully saturated rings. The van der Waals surface area contributed by atoms with Crippen LogP contribution in [-0.4, -0.2) is 22.1 Å². The summed E-state index contributed by atoms with van der Waals surface area (Å²) in [6, 6.07) is 3.44. The molecule has 1 aromatic heterocycles. The first kappa shape index (κ1) is 9.38. The number of carbonyl (C=O) groups excluding carboxylic acids is 1. The van der Waals surface area contributed by atoms with Crippen molar-refractivity contribution in [1.82, 2.24) is 0 Å². The highest BCUT2D eigenvalue weighted by Gasteiger charge is 2.22. The molecule has 2 N–H and O–H groups in total. The lowest BCUT2D eigenvalue weighted by Gasteiger charge is -2.12. The zero-order valence-electron chi connectivity index (χ0n) is 6.60. The topological polar surface area (TPSA) is 57.5 Å². The molecule has 1 rings (SSSR count). The van der Waals surface area contributed by atoms with Crippen LogP contribution in [0.5, 0.6) is 0 Å². The van der Waals surface area contributed by atoms with Gasteiger partial charge in [0, 0.05) is 4.88 Å². The monoisotopic (exact) mass is 186 g/mol. The van der Waals surface area contributed by atoms with Crippen molar-refractivity contribution in [1.29, 1.82) is 0 Å². The fourth-order valence-corrected chi connectivity index (χ4v) is 1.58. The van der Waals surface area contributed by atoms with Gasteiger partial charge in [0.05, 0.1) is 0 Å². The van der Waals surface area contributed by atoms with E-state index in [-0.39, 0.29) is 0 Å². The van der Waals surface area contributed by atoms with Crippen molar-refractivity contribution in [3.63, 3.8) is 0 Å². The number of aliphatic hydroxyl groups excluding tert-OH is 2. The van der Waals surface area contributed by atoms with Gasteiger partial charge in [0.15, 0.2) is 5.78 Å². The normalized spacial score (nSPS) is 15.6. The molecule has 0 aliphatic heterocycles. The number of aliphatic hydroxyl groups is 2. The molecule has 0 aliphatic rings. The molecular weight excluding hydrogens is 176 g/mol. The number of carbonyl (C=O) groups is 1. The molecule has 0 spiro atoms. The van der Waals surface area contributed by atoms with Crippen LogP contribution in [0.25, 0.3) is 0 Å². The van der Waals surface area contributed by atoms with Crippen LogP contribution in [0, 0.1) is 0 Å². The molecule has 4 heteroatoms. The number of ketones is 1. The van der Waals surface area contributed by atoms with Crippen molar-refractivity contribution in [2.75, 3.05) is 0 Å². The van der Waals surface area contributed by atoms with Crippen LogP contribution in [-0.2, 0) is 4.79 Å². The van der Waals surface area contributed by atoms with E-state index in [1.165, 1.54) is 18.3 Å². The molecule has 3 nitrogen and oxygen atoms in total. The van der Waals surface area contributed by atoms with Gasteiger partial charge in [-0.1, -0.05) is 6.07 Å². The average Bonchev–Trinajstić information content (AvgIpc) is 2.53. The summed E-state index contributed by atoms with van der Waals surface area (Å²) < 4.78 is 0. The van der Waals surface area contributed by atoms with Crippen molar-refractivity contribution in [2.24, 2.45) is 0 Å². The predicted octanol–water partition coefficient (Wildman–Crippen LogP) is 0.731. The zero-order chi connectivity index (χ0) is 9.14. The maximum Gasteiger partial charge on any atom is 0.161 e. The van der Waals surface area contributed by atoms with Crippen molar-refractivity contribution in [3.8, 4) is 0 Å². The maximum absolute atomic E-state index is 10.7. The van der Waals surface area contributed by atoms with Crippen LogP contribution in [0.4, 0.5) is 0 Å². The van der Waals surface area contributed by atoms with Crippen molar-refractivity contribution < 1.29 is 15.0 Å². The molecule has 0 saturated carbocycles. The second kappa shape index (κ2) is 3.80. The highest BCUT2D eigenvalue weighted by Crippen LogP contribution is 2.21. The largest absolute Gasteiger partial charge is 0.384 e. The third-order valence-electron chi connectivity index (χ3n) is 1.55. The third kappa shape index (κ3) is 1.91. The summed E-state index contributed by atoms with van der Waals surface area (Å²) in [6.45, 7) is 1.25. The first-order valence-corrected chi connectivity index (χ1v) is 4.41. The molecular formula is C8H10O3S. The molecule has 2 atom stereocenters. The molecule has 12 heavy (non-hydrogen) atoms. The molecule has 1 heterocycles. The minimum Gasteiger partial charge on any atom is -0.384 e. The summed E-state index contributed by atoms with van der Waals surface area (Å²) in [5.74, 6) is -0.420.